The second-order valence-corrected chi connectivity index (χ2v) is 9.58. The number of hydrogen-bond donors (Lipinski definition) is 1. The summed E-state index contributed by atoms with van der Waals surface area (Å²) in [5, 5.41) is 4.97. The fourth-order valence-electron chi connectivity index (χ4n) is 4.29. The van der Waals surface area contributed by atoms with Gasteiger partial charge in [0.1, 0.15) is 6.04 Å². The molecule has 6 nitrogen and oxygen atoms in total. The zero-order chi connectivity index (χ0) is 20.8. The van der Waals surface area contributed by atoms with Gasteiger partial charge in [0.25, 0.3) is 5.91 Å². The molecule has 0 spiro atoms. The maximum Gasteiger partial charge on any atom is 0.263 e. The first-order valence-corrected chi connectivity index (χ1v) is 11.7. The average molecular weight is 420 g/mol. The Kier molecular flexibility index (Phi) is 7.70. The molecule has 29 heavy (non-hydrogen) atoms. The normalized spacial score (nSPS) is 19.3. The Morgan fingerprint density at radius 2 is 1.76 bits per heavy atom. The van der Waals surface area contributed by atoms with E-state index in [0.717, 1.165) is 50.1 Å². The molecular weight excluding hydrogens is 386 g/mol. The van der Waals surface area contributed by atoms with Gasteiger partial charge in [0.2, 0.25) is 11.8 Å². The van der Waals surface area contributed by atoms with Crippen LogP contribution in [-0.2, 0) is 9.59 Å². The Hall–Kier alpha value is -1.89. The minimum absolute atomic E-state index is 0.0487. The third-order valence-electron chi connectivity index (χ3n) is 5.87. The van der Waals surface area contributed by atoms with Crippen LogP contribution < -0.4 is 5.32 Å². The van der Waals surface area contributed by atoms with Crippen LogP contribution in [0, 0.1) is 11.8 Å². The third-order valence-corrected chi connectivity index (χ3v) is 6.73. The first-order chi connectivity index (χ1) is 14.0. The van der Waals surface area contributed by atoms with Gasteiger partial charge in [0.05, 0.1) is 4.88 Å². The molecule has 2 aliphatic heterocycles. The predicted octanol–water partition coefficient (Wildman–Crippen LogP) is 3.14. The highest BCUT2D eigenvalue weighted by molar-refractivity contribution is 7.12. The molecule has 2 aliphatic rings. The second kappa shape index (κ2) is 10.2. The number of carbonyl (C=O) groups is 3. The quantitative estimate of drug-likeness (QED) is 0.770. The fourth-order valence-corrected chi connectivity index (χ4v) is 4.98. The molecule has 3 amide bonds. The van der Waals surface area contributed by atoms with Crippen LogP contribution in [0.2, 0.25) is 0 Å². The monoisotopic (exact) mass is 419 g/mol. The van der Waals surface area contributed by atoms with Crippen molar-refractivity contribution >= 4 is 29.1 Å². The van der Waals surface area contributed by atoms with Gasteiger partial charge >= 0.3 is 0 Å². The van der Waals surface area contributed by atoms with Crippen LogP contribution >= 0.6 is 11.3 Å². The number of hydrogen-bond acceptors (Lipinski definition) is 4. The molecule has 1 aromatic heterocycles. The smallest absolute Gasteiger partial charge is 0.263 e. The first-order valence-electron chi connectivity index (χ1n) is 10.9. The SMILES string of the molecule is CC(C)CC(=O)N[C@H](C(=O)N1CCCCC1)C1CCN(C(=O)c2cccs2)CC1. The molecule has 160 valence electrons. The molecule has 0 aliphatic carbocycles. The van der Waals surface area contributed by atoms with E-state index in [1.807, 2.05) is 41.2 Å². The number of nitrogens with one attached hydrogen (secondary N) is 1. The third kappa shape index (κ3) is 5.81. The second-order valence-electron chi connectivity index (χ2n) is 8.64. The molecule has 3 heterocycles. The Morgan fingerprint density at radius 1 is 1.07 bits per heavy atom. The minimum Gasteiger partial charge on any atom is -0.344 e. The van der Waals surface area contributed by atoms with Gasteiger partial charge in [-0.1, -0.05) is 19.9 Å². The Labute approximate surface area is 177 Å². The van der Waals surface area contributed by atoms with Gasteiger partial charge in [-0.05, 0) is 55.4 Å². The lowest BCUT2D eigenvalue weighted by Gasteiger charge is -2.38. The van der Waals surface area contributed by atoms with Crippen molar-refractivity contribution in [1.29, 1.82) is 0 Å². The summed E-state index contributed by atoms with van der Waals surface area (Å²) < 4.78 is 0. The van der Waals surface area contributed by atoms with Crippen LogP contribution in [0.15, 0.2) is 17.5 Å². The average Bonchev–Trinajstić information content (AvgIpc) is 3.26. The van der Waals surface area contributed by atoms with Gasteiger partial charge in [0.15, 0.2) is 0 Å². The van der Waals surface area contributed by atoms with Gasteiger partial charge in [-0.15, -0.1) is 11.3 Å². The van der Waals surface area contributed by atoms with Crippen molar-refractivity contribution in [2.75, 3.05) is 26.2 Å². The van der Waals surface area contributed by atoms with Gasteiger partial charge in [-0.3, -0.25) is 14.4 Å². The van der Waals surface area contributed by atoms with Gasteiger partial charge in [-0.25, -0.2) is 0 Å². The van der Waals surface area contributed by atoms with Gasteiger partial charge < -0.3 is 15.1 Å². The lowest BCUT2D eigenvalue weighted by atomic mass is 9.87. The van der Waals surface area contributed by atoms with E-state index in [1.54, 1.807) is 0 Å². The summed E-state index contributed by atoms with van der Waals surface area (Å²) in [6.07, 6.45) is 5.14. The molecule has 3 rings (SSSR count). The molecule has 1 aromatic rings. The maximum absolute atomic E-state index is 13.3. The van der Waals surface area contributed by atoms with Crippen molar-refractivity contribution < 1.29 is 14.4 Å². The Bertz CT molecular complexity index is 690. The van der Waals surface area contributed by atoms with Crippen molar-refractivity contribution in [1.82, 2.24) is 15.1 Å². The molecule has 0 aromatic carbocycles. The van der Waals surface area contributed by atoms with Crippen molar-refractivity contribution in [2.24, 2.45) is 11.8 Å². The highest BCUT2D eigenvalue weighted by Crippen LogP contribution is 2.25. The number of likely N-dealkylation sites (tertiary alicyclic amines) is 2. The highest BCUT2D eigenvalue weighted by Gasteiger charge is 2.36. The summed E-state index contributed by atoms with van der Waals surface area (Å²) in [6.45, 7) is 6.85. The molecule has 1 atom stereocenters. The molecule has 1 N–H and O–H groups in total. The number of thiophene rings is 1. The topological polar surface area (TPSA) is 69.7 Å². The van der Waals surface area contributed by atoms with E-state index in [9.17, 15) is 14.4 Å². The molecule has 7 heteroatoms. The van der Waals surface area contributed by atoms with Crippen LogP contribution in [0.3, 0.4) is 0 Å². The number of amides is 3. The van der Waals surface area contributed by atoms with Crippen LogP contribution in [-0.4, -0.2) is 59.7 Å². The Morgan fingerprint density at radius 3 is 2.34 bits per heavy atom. The van der Waals surface area contributed by atoms with Crippen LogP contribution in [0.1, 0.15) is 62.0 Å². The summed E-state index contributed by atoms with van der Waals surface area (Å²) in [6, 6.07) is 3.27. The van der Waals surface area contributed by atoms with Crippen LogP contribution in [0.4, 0.5) is 0 Å². The standard InChI is InChI=1S/C22H33N3O3S/c1-16(2)15-19(26)23-20(22(28)24-10-4-3-5-11-24)17-8-12-25(13-9-17)21(27)18-7-6-14-29-18/h6-7,14,16-17,20H,3-5,8-13,15H2,1-2H3,(H,23,26)/t20-/m0/s1. The molecule has 0 unspecified atom stereocenters. The number of piperidine rings is 2. The van der Waals surface area contributed by atoms with E-state index >= 15 is 0 Å². The summed E-state index contributed by atoms with van der Waals surface area (Å²) in [7, 11) is 0. The highest BCUT2D eigenvalue weighted by atomic mass is 32.1. The molecule has 2 saturated heterocycles. The molecule has 0 radical (unpaired) electrons. The van der Waals surface area contributed by atoms with Crippen molar-refractivity contribution in [3.8, 4) is 0 Å². The molecule has 0 bridgehead atoms. The lowest BCUT2D eigenvalue weighted by Crippen LogP contribution is -2.55. The van der Waals surface area contributed by atoms with Crippen molar-refractivity contribution in [3.05, 3.63) is 22.4 Å². The summed E-state index contributed by atoms with van der Waals surface area (Å²) in [4.78, 5) is 42.9. The zero-order valence-electron chi connectivity index (χ0n) is 17.6. The van der Waals surface area contributed by atoms with Crippen molar-refractivity contribution in [2.45, 2.75) is 58.4 Å². The van der Waals surface area contributed by atoms with E-state index in [0.29, 0.717) is 19.5 Å². The molecular formula is C22H33N3O3S. The van der Waals surface area contributed by atoms with E-state index in [1.165, 1.54) is 11.3 Å². The number of nitrogens with zero attached hydrogens (tertiary/aromatic N) is 2. The predicted molar refractivity (Wildman–Crippen MR) is 115 cm³/mol. The van der Waals surface area contributed by atoms with E-state index in [2.05, 4.69) is 5.32 Å². The number of carbonyl (C=O) groups excluding carboxylic acids is 3. The number of rotatable bonds is 6. The Balaban J connectivity index is 1.64. The maximum atomic E-state index is 13.3. The fraction of sp³-hybridized carbons (Fsp3) is 0.682. The summed E-state index contributed by atoms with van der Waals surface area (Å²) >= 11 is 1.46. The molecule has 2 fully saturated rings. The molecule has 0 saturated carbocycles. The largest absolute Gasteiger partial charge is 0.344 e. The van der Waals surface area contributed by atoms with Gasteiger partial charge in [0, 0.05) is 32.6 Å². The van der Waals surface area contributed by atoms with Gasteiger partial charge in [-0.2, -0.15) is 0 Å². The summed E-state index contributed by atoms with van der Waals surface area (Å²) in [5.41, 5.74) is 0. The van der Waals surface area contributed by atoms with Crippen molar-refractivity contribution in [3.63, 3.8) is 0 Å². The minimum atomic E-state index is -0.474. The van der Waals surface area contributed by atoms with Crippen LogP contribution in [0.25, 0.3) is 0 Å². The van der Waals surface area contributed by atoms with E-state index in [4.69, 9.17) is 0 Å². The van der Waals surface area contributed by atoms with E-state index in [-0.39, 0.29) is 29.6 Å². The summed E-state index contributed by atoms with van der Waals surface area (Å²) in [5.74, 6) is 0.414. The first kappa shape index (κ1) is 21.8. The van der Waals surface area contributed by atoms with Crippen LogP contribution in [0.5, 0.6) is 0 Å². The van der Waals surface area contributed by atoms with E-state index < -0.39 is 6.04 Å². The lowest BCUT2D eigenvalue weighted by molar-refractivity contribution is -0.139. The zero-order valence-corrected chi connectivity index (χ0v) is 18.4.